The molecule has 0 saturated heterocycles. The lowest BCUT2D eigenvalue weighted by molar-refractivity contribution is 0.502. The minimum atomic E-state index is -0.0958. The second-order valence-electron chi connectivity index (χ2n) is 2.16. The number of hydrogen-bond donors (Lipinski definition) is 3. The van der Waals surface area contributed by atoms with Gasteiger partial charge in [-0.05, 0) is 38.7 Å². The Hall–Kier alpha value is -0.190. The highest BCUT2D eigenvalue weighted by atomic mass is 32.1. The standard InChI is InChI=1S/C6H14N2OS/c1-5(6(9)10)8-4-2-3-7/h5,8H,2-4,7H2,1H3,(H,9,10)/t5-/m0/s1. The molecule has 0 unspecified atom stereocenters. The maximum Gasteiger partial charge on any atom is 0.173 e. The quantitative estimate of drug-likeness (QED) is 0.399. The molecule has 0 fully saturated rings. The number of aliphatic hydroxyl groups excluding tert-OH is 1. The summed E-state index contributed by atoms with van der Waals surface area (Å²) in [6.45, 7) is 3.29. The third-order valence-electron chi connectivity index (χ3n) is 1.20. The summed E-state index contributed by atoms with van der Waals surface area (Å²) >= 11 is 4.53. The van der Waals surface area contributed by atoms with Gasteiger partial charge in [-0.15, -0.1) is 0 Å². The van der Waals surface area contributed by atoms with Crippen LogP contribution in [0.5, 0.6) is 0 Å². The van der Waals surface area contributed by atoms with Gasteiger partial charge in [0.05, 0.1) is 6.04 Å². The van der Waals surface area contributed by atoms with Gasteiger partial charge < -0.3 is 16.2 Å². The van der Waals surface area contributed by atoms with E-state index in [1.807, 2.05) is 6.92 Å². The summed E-state index contributed by atoms with van der Waals surface area (Å²) in [5.74, 6) is 0. The van der Waals surface area contributed by atoms with Crippen LogP contribution in [0.1, 0.15) is 13.3 Å². The van der Waals surface area contributed by atoms with Gasteiger partial charge in [-0.2, -0.15) is 0 Å². The first-order valence-electron chi connectivity index (χ1n) is 3.34. The van der Waals surface area contributed by atoms with Gasteiger partial charge in [0.2, 0.25) is 0 Å². The Morgan fingerprint density at radius 2 is 2.40 bits per heavy atom. The molecular formula is C6H14N2OS. The van der Waals surface area contributed by atoms with Crippen LogP contribution in [-0.2, 0) is 0 Å². The van der Waals surface area contributed by atoms with Gasteiger partial charge >= 0.3 is 0 Å². The van der Waals surface area contributed by atoms with Gasteiger partial charge in [0, 0.05) is 0 Å². The molecule has 4 N–H and O–H groups in total. The van der Waals surface area contributed by atoms with Gasteiger partial charge in [0.15, 0.2) is 5.05 Å². The molecule has 0 spiro atoms. The van der Waals surface area contributed by atoms with E-state index in [0.717, 1.165) is 13.0 Å². The Balaban J connectivity index is 3.21. The first kappa shape index (κ1) is 9.81. The number of nitrogens with two attached hydrogens (primary N) is 1. The van der Waals surface area contributed by atoms with E-state index in [0.29, 0.717) is 6.54 Å². The van der Waals surface area contributed by atoms with Crippen LogP contribution in [0.2, 0.25) is 0 Å². The zero-order chi connectivity index (χ0) is 7.98. The number of nitrogens with one attached hydrogen (secondary N) is 1. The van der Waals surface area contributed by atoms with E-state index in [4.69, 9.17) is 10.8 Å². The molecule has 60 valence electrons. The fourth-order valence-corrected chi connectivity index (χ4v) is 0.591. The summed E-state index contributed by atoms with van der Waals surface area (Å²) in [4.78, 5) is 0. The van der Waals surface area contributed by atoms with Gasteiger partial charge in [-0.1, -0.05) is 0 Å². The average molecular weight is 162 g/mol. The molecule has 0 saturated carbocycles. The van der Waals surface area contributed by atoms with Crippen molar-refractivity contribution in [3.63, 3.8) is 0 Å². The molecule has 0 aromatic carbocycles. The highest BCUT2D eigenvalue weighted by Crippen LogP contribution is 1.83. The molecule has 0 amide bonds. The van der Waals surface area contributed by atoms with Crippen LogP contribution < -0.4 is 11.1 Å². The summed E-state index contributed by atoms with van der Waals surface area (Å²) in [5.41, 5.74) is 5.26. The van der Waals surface area contributed by atoms with Crippen LogP contribution in [-0.4, -0.2) is 29.3 Å². The minimum Gasteiger partial charge on any atom is -0.501 e. The zero-order valence-corrected chi connectivity index (χ0v) is 6.95. The fraction of sp³-hybridized carbons (Fsp3) is 0.833. The number of rotatable bonds is 5. The molecule has 1 atom stereocenters. The van der Waals surface area contributed by atoms with Crippen molar-refractivity contribution in [1.82, 2.24) is 5.32 Å². The lowest BCUT2D eigenvalue weighted by Gasteiger charge is -2.09. The average Bonchev–Trinajstić information content (AvgIpc) is 1.88. The van der Waals surface area contributed by atoms with Crippen LogP contribution in [0.4, 0.5) is 0 Å². The molecular weight excluding hydrogens is 148 g/mol. The number of hydrogen-bond acceptors (Lipinski definition) is 3. The predicted octanol–water partition coefficient (Wildman–Crippen LogP) is 0.199. The van der Waals surface area contributed by atoms with Gasteiger partial charge in [0.25, 0.3) is 0 Å². The summed E-state index contributed by atoms with van der Waals surface area (Å²) in [7, 11) is 0. The number of aliphatic hydroxyl groups is 1. The van der Waals surface area contributed by atoms with Crippen LogP contribution in [0.15, 0.2) is 0 Å². The van der Waals surface area contributed by atoms with Gasteiger partial charge in [0.1, 0.15) is 0 Å². The Kier molecular flexibility index (Phi) is 5.48. The maximum absolute atomic E-state index is 8.76. The van der Waals surface area contributed by atoms with Crippen molar-refractivity contribution in [2.75, 3.05) is 13.1 Å². The third kappa shape index (κ3) is 4.67. The SMILES string of the molecule is C[C@H](NCCCN)C(O)=S. The van der Waals surface area contributed by atoms with E-state index in [9.17, 15) is 0 Å². The van der Waals surface area contributed by atoms with Crippen molar-refractivity contribution in [2.24, 2.45) is 5.73 Å². The lowest BCUT2D eigenvalue weighted by atomic mass is 10.3. The lowest BCUT2D eigenvalue weighted by Crippen LogP contribution is -2.33. The zero-order valence-electron chi connectivity index (χ0n) is 6.13. The largest absolute Gasteiger partial charge is 0.501 e. The Morgan fingerprint density at radius 3 is 2.80 bits per heavy atom. The molecule has 0 aliphatic rings. The molecule has 0 heterocycles. The van der Waals surface area contributed by atoms with E-state index in [1.165, 1.54) is 0 Å². The molecule has 10 heavy (non-hydrogen) atoms. The normalized spacial score (nSPS) is 13.0. The molecule has 0 aromatic heterocycles. The molecule has 0 radical (unpaired) electrons. The minimum absolute atomic E-state index is 0.0111. The summed E-state index contributed by atoms with van der Waals surface area (Å²) in [6, 6.07) is -0.0958. The summed E-state index contributed by atoms with van der Waals surface area (Å²) in [6.07, 6.45) is 0.910. The number of thiocarbonyl (C=S) groups is 1. The topological polar surface area (TPSA) is 58.3 Å². The van der Waals surface area contributed by atoms with Crippen LogP contribution in [0.25, 0.3) is 0 Å². The summed E-state index contributed by atoms with van der Waals surface area (Å²) < 4.78 is 0. The van der Waals surface area contributed by atoms with E-state index in [1.54, 1.807) is 0 Å². The van der Waals surface area contributed by atoms with Crippen molar-refractivity contribution in [1.29, 1.82) is 0 Å². The smallest absolute Gasteiger partial charge is 0.173 e. The van der Waals surface area contributed by atoms with Crippen molar-refractivity contribution < 1.29 is 5.11 Å². The Bertz CT molecular complexity index is 108. The van der Waals surface area contributed by atoms with E-state index < -0.39 is 0 Å². The third-order valence-corrected chi connectivity index (χ3v) is 1.56. The highest BCUT2D eigenvalue weighted by Gasteiger charge is 2.03. The van der Waals surface area contributed by atoms with Crippen molar-refractivity contribution in [3.8, 4) is 0 Å². The van der Waals surface area contributed by atoms with Crippen LogP contribution in [0.3, 0.4) is 0 Å². The second kappa shape index (κ2) is 5.58. The second-order valence-corrected chi connectivity index (χ2v) is 2.57. The molecule has 0 bridgehead atoms. The van der Waals surface area contributed by atoms with Crippen LogP contribution >= 0.6 is 12.2 Å². The first-order chi connectivity index (χ1) is 4.68. The molecule has 0 aliphatic carbocycles. The van der Waals surface area contributed by atoms with Gasteiger partial charge in [-0.3, -0.25) is 0 Å². The highest BCUT2D eigenvalue weighted by molar-refractivity contribution is 7.80. The molecule has 0 aliphatic heterocycles. The summed E-state index contributed by atoms with van der Waals surface area (Å²) in [5, 5.41) is 11.8. The molecule has 0 aromatic rings. The van der Waals surface area contributed by atoms with Crippen molar-refractivity contribution in [3.05, 3.63) is 0 Å². The monoisotopic (exact) mass is 162 g/mol. The van der Waals surface area contributed by atoms with Crippen molar-refractivity contribution in [2.45, 2.75) is 19.4 Å². The van der Waals surface area contributed by atoms with Crippen molar-refractivity contribution >= 4 is 17.3 Å². The maximum atomic E-state index is 8.76. The first-order valence-corrected chi connectivity index (χ1v) is 3.75. The van der Waals surface area contributed by atoms with Gasteiger partial charge in [-0.25, -0.2) is 0 Å². The molecule has 4 heteroatoms. The Morgan fingerprint density at radius 1 is 1.80 bits per heavy atom. The molecule has 3 nitrogen and oxygen atoms in total. The fourth-order valence-electron chi connectivity index (χ4n) is 0.508. The van der Waals surface area contributed by atoms with E-state index >= 15 is 0 Å². The van der Waals surface area contributed by atoms with E-state index in [2.05, 4.69) is 17.5 Å². The predicted molar refractivity (Wildman–Crippen MR) is 46.4 cm³/mol. The van der Waals surface area contributed by atoms with Crippen LogP contribution in [0, 0.1) is 0 Å². The Labute approximate surface area is 66.6 Å². The van der Waals surface area contributed by atoms with E-state index in [-0.39, 0.29) is 11.1 Å². The molecule has 0 rings (SSSR count).